The molecule has 7 nitrogen and oxygen atoms in total. The highest BCUT2D eigenvalue weighted by molar-refractivity contribution is 5.98. The zero-order chi connectivity index (χ0) is 20.4. The second-order valence-corrected chi connectivity index (χ2v) is 7.24. The Balaban J connectivity index is 2.30. The van der Waals surface area contributed by atoms with Crippen LogP contribution in [0.15, 0.2) is 42.5 Å². The molecule has 0 unspecified atom stereocenters. The van der Waals surface area contributed by atoms with Crippen LogP contribution in [0.5, 0.6) is 0 Å². The molecule has 0 heterocycles. The van der Waals surface area contributed by atoms with Gasteiger partial charge in [0.2, 0.25) is 0 Å². The Labute approximate surface area is 157 Å². The Morgan fingerprint density at radius 2 is 1.67 bits per heavy atom. The quantitative estimate of drug-likeness (QED) is 0.618. The van der Waals surface area contributed by atoms with Crippen molar-refractivity contribution in [2.24, 2.45) is 0 Å². The molecule has 0 saturated heterocycles. The number of amides is 1. The van der Waals surface area contributed by atoms with Crippen LogP contribution in [0.4, 0.5) is 5.69 Å². The lowest BCUT2D eigenvalue weighted by atomic mass is 9.83. The first-order valence-corrected chi connectivity index (χ1v) is 8.36. The van der Waals surface area contributed by atoms with Crippen molar-refractivity contribution in [1.29, 1.82) is 0 Å². The number of carboxylic acid groups (broad SMARTS) is 1. The topological polar surface area (TPSA) is 101 Å². The number of aromatic carboxylic acids is 1. The van der Waals surface area contributed by atoms with Crippen molar-refractivity contribution in [2.45, 2.75) is 26.2 Å². The number of carbonyl (C=O) groups excluding carboxylic acids is 1. The third-order valence-electron chi connectivity index (χ3n) is 4.43. The number of hydrogen-bond donors (Lipinski definition) is 1. The molecule has 2 aromatic carbocycles. The van der Waals surface area contributed by atoms with Crippen molar-refractivity contribution >= 4 is 17.6 Å². The summed E-state index contributed by atoms with van der Waals surface area (Å²) in [4.78, 5) is 35.8. The average Bonchev–Trinajstić information content (AvgIpc) is 2.60. The smallest absolute Gasteiger partial charge is 0.335 e. The molecule has 2 aromatic rings. The van der Waals surface area contributed by atoms with Crippen LogP contribution in [0, 0.1) is 17.0 Å². The number of hydrogen-bond acceptors (Lipinski definition) is 4. The molecule has 0 aliphatic heterocycles. The summed E-state index contributed by atoms with van der Waals surface area (Å²) in [5.41, 5.74) is 1.09. The van der Waals surface area contributed by atoms with Crippen LogP contribution in [0.2, 0.25) is 0 Å². The predicted molar refractivity (Wildman–Crippen MR) is 101 cm³/mol. The highest BCUT2D eigenvalue weighted by atomic mass is 16.6. The Hall–Kier alpha value is -3.22. The molecule has 0 saturated carbocycles. The molecule has 0 bridgehead atoms. The van der Waals surface area contributed by atoms with E-state index >= 15 is 0 Å². The lowest BCUT2D eigenvalue weighted by Gasteiger charge is -2.31. The molecule has 142 valence electrons. The fourth-order valence-corrected chi connectivity index (χ4v) is 2.94. The van der Waals surface area contributed by atoms with Gasteiger partial charge in [-0.2, -0.15) is 0 Å². The van der Waals surface area contributed by atoms with Crippen molar-refractivity contribution in [3.05, 3.63) is 74.8 Å². The molecule has 0 aliphatic rings. The molecule has 0 spiro atoms. The molecule has 0 radical (unpaired) electrons. The van der Waals surface area contributed by atoms with E-state index in [0.29, 0.717) is 6.54 Å². The number of carboxylic acids is 1. The minimum absolute atomic E-state index is 0.0243. The third kappa shape index (κ3) is 4.69. The molecule has 0 fully saturated rings. The van der Waals surface area contributed by atoms with Gasteiger partial charge in [0.25, 0.3) is 11.6 Å². The number of nitrogens with zero attached hydrogens (tertiary/aromatic N) is 2. The fourth-order valence-electron chi connectivity index (χ4n) is 2.94. The van der Waals surface area contributed by atoms with E-state index in [1.54, 1.807) is 7.05 Å². The maximum absolute atomic E-state index is 12.8. The van der Waals surface area contributed by atoms with Gasteiger partial charge >= 0.3 is 5.97 Å². The second kappa shape index (κ2) is 7.57. The van der Waals surface area contributed by atoms with Gasteiger partial charge in [-0.05, 0) is 18.6 Å². The van der Waals surface area contributed by atoms with Crippen molar-refractivity contribution in [3.8, 4) is 0 Å². The molecule has 0 aromatic heterocycles. The summed E-state index contributed by atoms with van der Waals surface area (Å²) in [6.07, 6.45) is 0. The summed E-state index contributed by atoms with van der Waals surface area (Å²) in [5, 5.41) is 20.2. The van der Waals surface area contributed by atoms with Gasteiger partial charge < -0.3 is 10.0 Å². The fraction of sp³-hybridized carbons (Fsp3) is 0.300. The number of nitro benzene ring substituents is 1. The van der Waals surface area contributed by atoms with E-state index in [0.717, 1.165) is 29.3 Å². The normalized spacial score (nSPS) is 11.1. The van der Waals surface area contributed by atoms with E-state index in [2.05, 4.69) is 0 Å². The van der Waals surface area contributed by atoms with Crippen molar-refractivity contribution < 1.29 is 19.6 Å². The van der Waals surface area contributed by atoms with Gasteiger partial charge in [-0.25, -0.2) is 4.79 Å². The van der Waals surface area contributed by atoms with Gasteiger partial charge in [-0.15, -0.1) is 0 Å². The first-order valence-electron chi connectivity index (χ1n) is 8.36. The van der Waals surface area contributed by atoms with Crippen LogP contribution in [0.1, 0.15) is 45.7 Å². The molecule has 0 aliphatic carbocycles. The third-order valence-corrected chi connectivity index (χ3v) is 4.43. The van der Waals surface area contributed by atoms with Crippen molar-refractivity contribution in [2.75, 3.05) is 13.6 Å². The van der Waals surface area contributed by atoms with Crippen LogP contribution >= 0.6 is 0 Å². The minimum atomic E-state index is -1.32. The van der Waals surface area contributed by atoms with Gasteiger partial charge in [0.05, 0.1) is 10.5 Å². The number of non-ortho nitro benzene ring substituents is 1. The van der Waals surface area contributed by atoms with Crippen LogP contribution in [0.25, 0.3) is 0 Å². The Morgan fingerprint density at radius 3 is 2.19 bits per heavy atom. The van der Waals surface area contributed by atoms with Gasteiger partial charge in [0.15, 0.2) is 0 Å². The molecule has 1 N–H and O–H groups in total. The molecule has 2 rings (SSSR count). The van der Waals surface area contributed by atoms with Crippen LogP contribution < -0.4 is 0 Å². The summed E-state index contributed by atoms with van der Waals surface area (Å²) >= 11 is 0. The molecular formula is C20H22N2O5. The molecule has 7 heteroatoms. The number of aryl methyl sites for hydroxylation is 1. The van der Waals surface area contributed by atoms with E-state index in [1.165, 1.54) is 4.90 Å². The summed E-state index contributed by atoms with van der Waals surface area (Å²) in [6, 6.07) is 11.2. The molecule has 27 heavy (non-hydrogen) atoms. The highest BCUT2D eigenvalue weighted by Crippen LogP contribution is 2.26. The van der Waals surface area contributed by atoms with E-state index < -0.39 is 22.5 Å². The number of likely N-dealkylation sites (N-methyl/N-ethyl adjacent to an activating group) is 1. The van der Waals surface area contributed by atoms with Crippen LogP contribution in [-0.2, 0) is 5.41 Å². The van der Waals surface area contributed by atoms with Crippen LogP contribution in [-0.4, -0.2) is 40.4 Å². The van der Waals surface area contributed by atoms with Gasteiger partial charge in [-0.1, -0.05) is 43.7 Å². The minimum Gasteiger partial charge on any atom is -0.478 e. The number of rotatable bonds is 6. The SMILES string of the molecule is Cc1ccc(C(C)(C)CN(C)C(=O)c2cc(C(=O)O)cc([N+](=O)[O-])c2)cc1. The van der Waals surface area contributed by atoms with E-state index in [9.17, 15) is 19.7 Å². The van der Waals surface area contributed by atoms with E-state index in [-0.39, 0.29) is 16.5 Å². The monoisotopic (exact) mass is 370 g/mol. The Bertz CT molecular complexity index is 855. The van der Waals surface area contributed by atoms with E-state index in [4.69, 9.17) is 5.11 Å². The molecule has 1 amide bonds. The summed E-state index contributed by atoms with van der Waals surface area (Å²) in [5.74, 6) is -1.79. The van der Waals surface area contributed by atoms with E-state index in [1.807, 2.05) is 45.0 Å². The average molecular weight is 370 g/mol. The maximum Gasteiger partial charge on any atom is 0.335 e. The van der Waals surface area contributed by atoms with Crippen molar-refractivity contribution in [3.63, 3.8) is 0 Å². The second-order valence-electron chi connectivity index (χ2n) is 7.24. The first-order chi connectivity index (χ1) is 12.5. The Morgan fingerprint density at radius 1 is 1.11 bits per heavy atom. The summed E-state index contributed by atoms with van der Waals surface area (Å²) in [7, 11) is 1.59. The lowest BCUT2D eigenvalue weighted by Crippen LogP contribution is -2.38. The number of nitro groups is 1. The molecule has 0 atom stereocenters. The summed E-state index contributed by atoms with van der Waals surface area (Å²) < 4.78 is 0. The lowest BCUT2D eigenvalue weighted by molar-refractivity contribution is -0.384. The number of carbonyl (C=O) groups is 2. The highest BCUT2D eigenvalue weighted by Gasteiger charge is 2.26. The summed E-state index contributed by atoms with van der Waals surface area (Å²) in [6.45, 7) is 6.35. The van der Waals surface area contributed by atoms with Crippen molar-refractivity contribution in [1.82, 2.24) is 4.90 Å². The first kappa shape index (κ1) is 20.1. The van der Waals surface area contributed by atoms with Gasteiger partial charge in [0.1, 0.15) is 0 Å². The predicted octanol–water partition coefficient (Wildman–Crippen LogP) is 3.65. The zero-order valence-corrected chi connectivity index (χ0v) is 15.7. The zero-order valence-electron chi connectivity index (χ0n) is 15.7. The number of benzene rings is 2. The molecular weight excluding hydrogens is 348 g/mol. The largest absolute Gasteiger partial charge is 0.478 e. The van der Waals surface area contributed by atoms with Gasteiger partial charge in [0, 0.05) is 36.7 Å². The Kier molecular flexibility index (Phi) is 5.64. The standard InChI is InChI=1S/C20H22N2O5/c1-13-5-7-16(8-6-13)20(2,3)12-21(4)18(23)14-9-15(19(24)25)11-17(10-14)22(26)27/h5-11H,12H2,1-4H3,(H,24,25). The van der Waals surface area contributed by atoms with Gasteiger partial charge in [-0.3, -0.25) is 14.9 Å². The van der Waals surface area contributed by atoms with Crippen LogP contribution in [0.3, 0.4) is 0 Å². The maximum atomic E-state index is 12.8.